The molecule has 1 nitrogen and oxygen atoms in total. The van der Waals surface area contributed by atoms with Crippen LogP contribution in [-0.2, 0) is 6.04 Å². The molecule has 0 N–H and O–H groups in total. The molecule has 0 atom stereocenters. The second-order valence-electron chi connectivity index (χ2n) is 3.85. The van der Waals surface area contributed by atoms with Crippen LogP contribution in [0.4, 0.5) is 0 Å². The van der Waals surface area contributed by atoms with Crippen molar-refractivity contribution in [3.8, 4) is 11.5 Å². The van der Waals surface area contributed by atoms with E-state index in [1.54, 1.807) is 0 Å². The molecule has 0 radical (unpaired) electrons. The monoisotopic (exact) mass is 316 g/mol. The molecule has 2 aromatic rings. The van der Waals surface area contributed by atoms with Gasteiger partial charge in [-0.05, 0) is 29.8 Å². The van der Waals surface area contributed by atoms with Gasteiger partial charge in [0.2, 0.25) is 0 Å². The maximum absolute atomic E-state index is 5.88. The second-order valence-corrected chi connectivity index (χ2v) is 13.0. The van der Waals surface area contributed by atoms with Crippen molar-refractivity contribution < 1.29 is 4.74 Å². The number of para-hydroxylation sites is 1. The molecule has 0 saturated carbocycles. The summed E-state index contributed by atoms with van der Waals surface area (Å²) in [5.41, 5.74) is 1.02. The fourth-order valence-electron chi connectivity index (χ4n) is 1.53. The molecule has 0 spiro atoms. The molecule has 18 heavy (non-hydrogen) atoms. The number of ether oxygens (including phenoxy) is 1. The summed E-state index contributed by atoms with van der Waals surface area (Å²) < 4.78 is 5.68. The van der Waals surface area contributed by atoms with Gasteiger partial charge >= 0.3 is 6.00 Å². The Balaban J connectivity index is 2.04. The molecule has 0 aliphatic rings. The maximum Gasteiger partial charge on any atom is 0.345 e. The lowest BCUT2D eigenvalue weighted by Gasteiger charge is -2.09. The third-order valence-electron chi connectivity index (χ3n) is 2.31. The minimum Gasteiger partial charge on any atom is -0.457 e. The van der Waals surface area contributed by atoms with E-state index in [9.17, 15) is 0 Å². The fourth-order valence-corrected chi connectivity index (χ4v) is 3.62. The van der Waals surface area contributed by atoms with Crippen molar-refractivity contribution in [2.45, 2.75) is 6.04 Å². The highest BCUT2D eigenvalue weighted by molar-refractivity contribution is 7.64. The lowest BCUT2D eigenvalue weighted by atomic mass is 10.2. The third kappa shape index (κ3) is 4.54. The molecule has 5 heteroatoms. The standard InChI is InChI=1S/C13H11Cl3OSi/c14-18(15,16)10-11-6-8-13(9-7-11)17-12-4-2-1-3-5-12/h1-9H,10H2. The summed E-state index contributed by atoms with van der Waals surface area (Å²) in [5.74, 6) is 1.58. The van der Waals surface area contributed by atoms with Gasteiger partial charge in [-0.2, -0.15) is 0 Å². The first-order valence-electron chi connectivity index (χ1n) is 5.41. The Hall–Kier alpha value is -0.673. The van der Waals surface area contributed by atoms with Gasteiger partial charge in [0.05, 0.1) is 0 Å². The first-order valence-corrected chi connectivity index (χ1v) is 10.7. The van der Waals surface area contributed by atoms with Crippen molar-refractivity contribution in [3.05, 3.63) is 60.2 Å². The molecule has 0 aliphatic carbocycles. The van der Waals surface area contributed by atoms with Crippen LogP contribution >= 0.6 is 33.2 Å². The molecule has 0 saturated heterocycles. The Morgan fingerprint density at radius 1 is 0.778 bits per heavy atom. The van der Waals surface area contributed by atoms with Crippen LogP contribution in [0.25, 0.3) is 0 Å². The highest BCUT2D eigenvalue weighted by Crippen LogP contribution is 2.26. The van der Waals surface area contributed by atoms with Crippen LogP contribution in [0, 0.1) is 0 Å². The molecule has 0 unspecified atom stereocenters. The quantitative estimate of drug-likeness (QED) is 0.555. The first-order chi connectivity index (χ1) is 8.53. The largest absolute Gasteiger partial charge is 0.457 e. The lowest BCUT2D eigenvalue weighted by Crippen LogP contribution is -2.13. The predicted molar refractivity (Wildman–Crippen MR) is 80.0 cm³/mol. The lowest BCUT2D eigenvalue weighted by molar-refractivity contribution is 0.482. The van der Waals surface area contributed by atoms with E-state index in [1.165, 1.54) is 0 Å². The van der Waals surface area contributed by atoms with Crippen molar-refractivity contribution in [2.75, 3.05) is 0 Å². The normalized spacial score (nSPS) is 11.3. The van der Waals surface area contributed by atoms with E-state index in [0.29, 0.717) is 6.04 Å². The number of halogens is 3. The van der Waals surface area contributed by atoms with Crippen molar-refractivity contribution in [2.24, 2.45) is 0 Å². The van der Waals surface area contributed by atoms with Gasteiger partial charge in [-0.3, -0.25) is 0 Å². The molecule has 0 amide bonds. The van der Waals surface area contributed by atoms with E-state index in [1.807, 2.05) is 54.6 Å². The average Bonchev–Trinajstić information content (AvgIpc) is 2.31. The molecule has 2 aromatic carbocycles. The second kappa shape index (κ2) is 5.98. The predicted octanol–water partition coefficient (Wildman–Crippen LogP) is 5.22. The van der Waals surface area contributed by atoms with Gasteiger partial charge in [0, 0.05) is 6.04 Å². The molecule has 0 bridgehead atoms. The average molecular weight is 318 g/mol. The summed E-state index contributed by atoms with van der Waals surface area (Å²) >= 11 is 17.6. The van der Waals surface area contributed by atoms with E-state index < -0.39 is 6.00 Å². The number of benzene rings is 2. The van der Waals surface area contributed by atoms with Gasteiger partial charge in [-0.15, -0.1) is 33.2 Å². The Kier molecular flexibility index (Phi) is 4.57. The third-order valence-corrected chi connectivity index (χ3v) is 4.32. The van der Waals surface area contributed by atoms with Gasteiger partial charge < -0.3 is 4.74 Å². The fraction of sp³-hybridized carbons (Fsp3) is 0.0769. The van der Waals surface area contributed by atoms with Crippen LogP contribution in [0.2, 0.25) is 0 Å². The molecular weight excluding hydrogens is 307 g/mol. The van der Waals surface area contributed by atoms with Gasteiger partial charge in [0.1, 0.15) is 11.5 Å². The number of hydrogen-bond acceptors (Lipinski definition) is 1. The van der Waals surface area contributed by atoms with E-state index in [-0.39, 0.29) is 0 Å². The first kappa shape index (κ1) is 13.8. The van der Waals surface area contributed by atoms with Crippen molar-refractivity contribution >= 4 is 39.2 Å². The highest BCUT2D eigenvalue weighted by Gasteiger charge is 2.25. The zero-order valence-corrected chi connectivity index (χ0v) is 12.7. The molecule has 0 heterocycles. The molecule has 0 aromatic heterocycles. The maximum atomic E-state index is 5.88. The van der Waals surface area contributed by atoms with Crippen molar-refractivity contribution in [3.63, 3.8) is 0 Å². The molecule has 94 valence electrons. The van der Waals surface area contributed by atoms with Crippen LogP contribution in [0.5, 0.6) is 11.5 Å². The van der Waals surface area contributed by atoms with Crippen LogP contribution in [-0.4, -0.2) is 6.00 Å². The van der Waals surface area contributed by atoms with Gasteiger partial charge in [-0.25, -0.2) is 0 Å². The topological polar surface area (TPSA) is 9.23 Å². The SMILES string of the molecule is Cl[Si](Cl)(Cl)Cc1ccc(Oc2ccccc2)cc1. The minimum absolute atomic E-state index is 0.517. The van der Waals surface area contributed by atoms with E-state index in [0.717, 1.165) is 17.1 Å². The summed E-state index contributed by atoms with van der Waals surface area (Å²) in [7, 11) is 0. The van der Waals surface area contributed by atoms with Crippen LogP contribution in [0.1, 0.15) is 5.56 Å². The summed E-state index contributed by atoms with van der Waals surface area (Å²) in [6, 6.07) is 15.1. The van der Waals surface area contributed by atoms with Gasteiger partial charge in [0.15, 0.2) is 0 Å². The summed E-state index contributed by atoms with van der Waals surface area (Å²) in [6.07, 6.45) is 0. The van der Waals surface area contributed by atoms with Gasteiger partial charge in [0.25, 0.3) is 0 Å². The summed E-state index contributed by atoms with van der Waals surface area (Å²) in [5, 5.41) is 0. The van der Waals surface area contributed by atoms with Crippen molar-refractivity contribution in [1.82, 2.24) is 0 Å². The van der Waals surface area contributed by atoms with Crippen LogP contribution in [0.15, 0.2) is 54.6 Å². The molecule has 0 fully saturated rings. The van der Waals surface area contributed by atoms with Gasteiger partial charge in [-0.1, -0.05) is 30.3 Å². The van der Waals surface area contributed by atoms with Crippen LogP contribution < -0.4 is 4.74 Å². The molecule has 2 rings (SSSR count). The zero-order chi connectivity index (χ0) is 13.0. The smallest absolute Gasteiger partial charge is 0.345 e. The highest BCUT2D eigenvalue weighted by atomic mass is 35.8. The van der Waals surface area contributed by atoms with E-state index >= 15 is 0 Å². The van der Waals surface area contributed by atoms with E-state index in [4.69, 9.17) is 38.0 Å². The minimum atomic E-state index is -2.61. The Bertz CT molecular complexity index is 494. The number of rotatable bonds is 4. The summed E-state index contributed by atoms with van der Waals surface area (Å²) in [6.45, 7) is 0. The Morgan fingerprint density at radius 2 is 1.33 bits per heavy atom. The van der Waals surface area contributed by atoms with Crippen LogP contribution in [0.3, 0.4) is 0 Å². The summed E-state index contributed by atoms with van der Waals surface area (Å²) in [4.78, 5) is 0. The van der Waals surface area contributed by atoms with Crippen molar-refractivity contribution in [1.29, 1.82) is 0 Å². The molecule has 0 aliphatic heterocycles. The Morgan fingerprint density at radius 3 is 1.89 bits per heavy atom. The Labute approximate surface area is 121 Å². The van der Waals surface area contributed by atoms with E-state index in [2.05, 4.69) is 0 Å². The molecular formula is C13H11Cl3OSi. The number of hydrogen-bond donors (Lipinski definition) is 0. The zero-order valence-electron chi connectivity index (χ0n) is 9.45.